The summed E-state index contributed by atoms with van der Waals surface area (Å²) in [5.41, 5.74) is 2.73. The highest BCUT2D eigenvalue weighted by Crippen LogP contribution is 2.19. The highest BCUT2D eigenvalue weighted by molar-refractivity contribution is 5.80. The Morgan fingerprint density at radius 3 is 2.39 bits per heavy atom. The second kappa shape index (κ2) is 8.92. The van der Waals surface area contributed by atoms with Crippen molar-refractivity contribution in [2.75, 3.05) is 27.7 Å². The van der Waals surface area contributed by atoms with E-state index in [-0.39, 0.29) is 0 Å². The number of rotatable bonds is 6. The monoisotopic (exact) mass is 316 g/mol. The van der Waals surface area contributed by atoms with Gasteiger partial charge in [0, 0.05) is 19.6 Å². The number of likely N-dealkylation sites (N-methyl/N-ethyl adjacent to an activating group) is 1. The van der Waals surface area contributed by atoms with Gasteiger partial charge in [-0.3, -0.25) is 4.99 Å². The van der Waals surface area contributed by atoms with Gasteiger partial charge in [-0.25, -0.2) is 0 Å². The number of benzene rings is 1. The number of aliphatic imine (C=N–C) groups is 1. The number of aryl methyl sites for hydroxylation is 1. The van der Waals surface area contributed by atoms with Gasteiger partial charge in [0.25, 0.3) is 0 Å². The Balaban J connectivity index is 1.95. The number of nitrogens with one attached hydrogen (secondary N) is 2. The maximum Gasteiger partial charge on any atom is 0.191 e. The fourth-order valence-electron chi connectivity index (χ4n) is 3.23. The third-order valence-corrected chi connectivity index (χ3v) is 4.78. The van der Waals surface area contributed by atoms with Crippen LogP contribution < -0.4 is 10.6 Å². The van der Waals surface area contributed by atoms with Gasteiger partial charge in [0.15, 0.2) is 5.96 Å². The first-order chi connectivity index (χ1) is 11.1. The lowest BCUT2D eigenvalue weighted by atomic mass is 10.0. The molecule has 0 aromatic heterocycles. The summed E-state index contributed by atoms with van der Waals surface area (Å²) in [4.78, 5) is 6.64. The summed E-state index contributed by atoms with van der Waals surface area (Å²) in [6.07, 6.45) is 6.27. The summed E-state index contributed by atoms with van der Waals surface area (Å²) in [5, 5.41) is 7.05. The number of nitrogens with zero attached hydrogens (tertiary/aromatic N) is 2. The van der Waals surface area contributed by atoms with Crippen LogP contribution in [0.1, 0.15) is 49.8 Å². The molecule has 0 heterocycles. The average molecular weight is 316 g/mol. The molecule has 0 saturated heterocycles. The zero-order valence-corrected chi connectivity index (χ0v) is 15.1. The molecule has 1 atom stereocenters. The van der Waals surface area contributed by atoms with Gasteiger partial charge in [0.1, 0.15) is 0 Å². The highest BCUT2D eigenvalue weighted by Gasteiger charge is 2.18. The molecule has 2 N–H and O–H groups in total. The van der Waals surface area contributed by atoms with Gasteiger partial charge in [-0.05, 0) is 44.5 Å². The van der Waals surface area contributed by atoms with E-state index in [4.69, 9.17) is 0 Å². The predicted molar refractivity (Wildman–Crippen MR) is 99.0 cm³/mol. The van der Waals surface area contributed by atoms with Crippen molar-refractivity contribution in [1.82, 2.24) is 15.5 Å². The lowest BCUT2D eigenvalue weighted by Crippen LogP contribution is -2.45. The van der Waals surface area contributed by atoms with Crippen LogP contribution in [0.2, 0.25) is 0 Å². The molecule has 1 saturated carbocycles. The van der Waals surface area contributed by atoms with E-state index in [0.29, 0.717) is 12.1 Å². The number of guanidine groups is 1. The Labute approximate surface area is 141 Å². The minimum absolute atomic E-state index is 0.336. The summed E-state index contributed by atoms with van der Waals surface area (Å²) >= 11 is 0. The van der Waals surface area contributed by atoms with Crippen molar-refractivity contribution in [1.29, 1.82) is 0 Å². The molecular formula is C19H32N4. The third kappa shape index (κ3) is 5.24. The Morgan fingerprint density at radius 1 is 1.22 bits per heavy atom. The number of hydrogen-bond donors (Lipinski definition) is 2. The Kier molecular flexibility index (Phi) is 6.90. The van der Waals surface area contributed by atoms with Crippen LogP contribution in [0, 0.1) is 0 Å². The van der Waals surface area contributed by atoms with Crippen molar-refractivity contribution in [3.8, 4) is 0 Å². The first kappa shape index (κ1) is 17.8. The van der Waals surface area contributed by atoms with E-state index < -0.39 is 0 Å². The lowest BCUT2D eigenvalue weighted by Gasteiger charge is -2.27. The summed E-state index contributed by atoms with van der Waals surface area (Å²) < 4.78 is 0. The molecule has 4 nitrogen and oxygen atoms in total. The zero-order valence-electron chi connectivity index (χ0n) is 15.1. The van der Waals surface area contributed by atoms with E-state index in [1.165, 1.54) is 36.8 Å². The van der Waals surface area contributed by atoms with Gasteiger partial charge in [-0.15, -0.1) is 0 Å². The number of hydrogen-bond acceptors (Lipinski definition) is 2. The Hall–Kier alpha value is -1.55. The molecule has 2 rings (SSSR count). The van der Waals surface area contributed by atoms with E-state index in [9.17, 15) is 0 Å². The van der Waals surface area contributed by atoms with Crippen molar-refractivity contribution in [2.45, 2.75) is 51.1 Å². The van der Waals surface area contributed by atoms with Crippen LogP contribution in [0.25, 0.3) is 0 Å². The fraction of sp³-hybridized carbons (Fsp3) is 0.632. The summed E-state index contributed by atoms with van der Waals surface area (Å²) in [6, 6.07) is 9.89. The molecule has 0 bridgehead atoms. The van der Waals surface area contributed by atoms with Gasteiger partial charge >= 0.3 is 0 Å². The van der Waals surface area contributed by atoms with E-state index in [1.54, 1.807) is 0 Å². The highest BCUT2D eigenvalue weighted by atomic mass is 15.2. The van der Waals surface area contributed by atoms with Crippen LogP contribution in [-0.4, -0.2) is 44.6 Å². The van der Waals surface area contributed by atoms with Crippen LogP contribution in [-0.2, 0) is 6.42 Å². The van der Waals surface area contributed by atoms with Gasteiger partial charge in [0.2, 0.25) is 0 Å². The minimum atomic E-state index is 0.336. The molecule has 23 heavy (non-hydrogen) atoms. The molecule has 0 radical (unpaired) electrons. The SMILES string of the molecule is CCc1ccc(C(CNC(=NC)NC2CCCC2)N(C)C)cc1. The second-order valence-corrected chi connectivity index (χ2v) is 6.65. The molecular weight excluding hydrogens is 284 g/mol. The molecule has 0 spiro atoms. The van der Waals surface area contributed by atoms with Crippen LogP contribution in [0.5, 0.6) is 0 Å². The molecule has 4 heteroatoms. The summed E-state index contributed by atoms with van der Waals surface area (Å²) in [7, 11) is 6.12. The van der Waals surface area contributed by atoms with Crippen molar-refractivity contribution >= 4 is 5.96 Å². The van der Waals surface area contributed by atoms with Crippen molar-refractivity contribution in [3.63, 3.8) is 0 Å². The van der Waals surface area contributed by atoms with Crippen LogP contribution in [0.3, 0.4) is 0 Å². The van der Waals surface area contributed by atoms with E-state index in [1.807, 2.05) is 7.05 Å². The smallest absolute Gasteiger partial charge is 0.191 e. The molecule has 1 aromatic carbocycles. The second-order valence-electron chi connectivity index (χ2n) is 6.65. The zero-order chi connectivity index (χ0) is 16.7. The normalized spacial score (nSPS) is 17.5. The first-order valence-electron chi connectivity index (χ1n) is 8.86. The molecule has 1 aliphatic carbocycles. The predicted octanol–water partition coefficient (Wildman–Crippen LogP) is 2.96. The quantitative estimate of drug-likeness (QED) is 0.626. The molecule has 1 aliphatic rings. The minimum Gasteiger partial charge on any atom is -0.354 e. The van der Waals surface area contributed by atoms with Crippen LogP contribution >= 0.6 is 0 Å². The van der Waals surface area contributed by atoms with E-state index in [0.717, 1.165) is 18.9 Å². The Morgan fingerprint density at radius 2 is 1.87 bits per heavy atom. The molecule has 1 unspecified atom stereocenters. The molecule has 1 aromatic rings. The molecule has 1 fully saturated rings. The maximum absolute atomic E-state index is 4.38. The molecule has 0 amide bonds. The maximum atomic E-state index is 4.38. The van der Waals surface area contributed by atoms with Gasteiger partial charge in [-0.2, -0.15) is 0 Å². The van der Waals surface area contributed by atoms with Gasteiger partial charge in [-0.1, -0.05) is 44.0 Å². The van der Waals surface area contributed by atoms with Crippen LogP contribution in [0.4, 0.5) is 0 Å². The average Bonchev–Trinajstić information content (AvgIpc) is 3.07. The molecule has 128 valence electrons. The summed E-state index contributed by atoms with van der Waals surface area (Å²) in [6.45, 7) is 3.05. The van der Waals surface area contributed by atoms with E-state index >= 15 is 0 Å². The topological polar surface area (TPSA) is 39.7 Å². The van der Waals surface area contributed by atoms with Crippen molar-refractivity contribution in [3.05, 3.63) is 35.4 Å². The first-order valence-corrected chi connectivity index (χ1v) is 8.86. The summed E-state index contributed by atoms with van der Waals surface area (Å²) in [5.74, 6) is 0.925. The Bertz CT molecular complexity index is 487. The van der Waals surface area contributed by atoms with Crippen LogP contribution in [0.15, 0.2) is 29.3 Å². The lowest BCUT2D eigenvalue weighted by molar-refractivity contribution is 0.298. The molecule has 0 aliphatic heterocycles. The van der Waals surface area contributed by atoms with E-state index in [2.05, 4.69) is 65.8 Å². The standard InChI is InChI=1S/C19H32N4/c1-5-15-10-12-16(13-11-15)18(23(3)4)14-21-19(20-2)22-17-8-6-7-9-17/h10-13,17-18H,5-9,14H2,1-4H3,(H2,20,21,22). The third-order valence-electron chi connectivity index (χ3n) is 4.78. The van der Waals surface area contributed by atoms with Gasteiger partial charge < -0.3 is 15.5 Å². The van der Waals surface area contributed by atoms with Crippen molar-refractivity contribution in [2.24, 2.45) is 4.99 Å². The van der Waals surface area contributed by atoms with Crippen molar-refractivity contribution < 1.29 is 0 Å². The largest absolute Gasteiger partial charge is 0.354 e. The van der Waals surface area contributed by atoms with Gasteiger partial charge in [0.05, 0.1) is 6.04 Å². The fourth-order valence-corrected chi connectivity index (χ4v) is 3.23.